The zero-order valence-corrected chi connectivity index (χ0v) is 17.8. The maximum absolute atomic E-state index is 12.3. The van der Waals surface area contributed by atoms with E-state index in [4.69, 9.17) is 4.74 Å². The van der Waals surface area contributed by atoms with E-state index in [0.717, 1.165) is 29.7 Å². The summed E-state index contributed by atoms with van der Waals surface area (Å²) in [4.78, 5) is 40.0. The van der Waals surface area contributed by atoms with Crippen LogP contribution < -0.4 is 10.2 Å². The van der Waals surface area contributed by atoms with Crippen molar-refractivity contribution in [3.8, 4) is 0 Å². The highest BCUT2D eigenvalue weighted by atomic mass is 16.6. The van der Waals surface area contributed by atoms with E-state index in [9.17, 15) is 14.4 Å². The molecule has 0 saturated carbocycles. The quantitative estimate of drug-likeness (QED) is 0.784. The van der Waals surface area contributed by atoms with Crippen LogP contribution in [-0.4, -0.2) is 59.2 Å². The van der Waals surface area contributed by atoms with Gasteiger partial charge in [-0.2, -0.15) is 0 Å². The highest BCUT2D eigenvalue weighted by molar-refractivity contribution is 6.01. The van der Waals surface area contributed by atoms with Crippen molar-refractivity contribution in [1.29, 1.82) is 0 Å². The van der Waals surface area contributed by atoms with Gasteiger partial charge in [0.15, 0.2) is 0 Å². The van der Waals surface area contributed by atoms with Crippen molar-refractivity contribution < 1.29 is 19.1 Å². The van der Waals surface area contributed by atoms with Crippen molar-refractivity contribution in [2.45, 2.75) is 51.3 Å². The monoisotopic (exact) mass is 412 g/mol. The molecule has 160 valence electrons. The van der Waals surface area contributed by atoms with E-state index in [1.54, 1.807) is 11.9 Å². The Labute approximate surface area is 175 Å². The first-order chi connectivity index (χ1) is 14.1. The van der Waals surface area contributed by atoms with Gasteiger partial charge < -0.3 is 19.1 Å². The summed E-state index contributed by atoms with van der Waals surface area (Å²) in [5, 5.41) is 3.48. The molecule has 3 heterocycles. The molecular weight excluding hydrogens is 384 g/mol. The Morgan fingerprint density at radius 1 is 1.20 bits per heavy atom. The number of benzene rings is 1. The summed E-state index contributed by atoms with van der Waals surface area (Å²) in [6.07, 6.45) is 2.46. The van der Waals surface area contributed by atoms with Gasteiger partial charge in [-0.15, -0.1) is 0 Å². The second kappa shape index (κ2) is 7.34. The summed E-state index contributed by atoms with van der Waals surface area (Å²) < 4.78 is 7.41. The van der Waals surface area contributed by atoms with Crippen LogP contribution in [-0.2, 0) is 14.3 Å². The van der Waals surface area contributed by atoms with Crippen LogP contribution in [0.1, 0.15) is 39.7 Å². The maximum atomic E-state index is 12.3. The number of nitrogens with zero attached hydrogens (tertiary/aromatic N) is 3. The minimum Gasteiger partial charge on any atom is -0.444 e. The number of carbonyl (C=O) groups excluding carboxylic acids is 3. The number of ether oxygens (including phenoxy) is 1. The Morgan fingerprint density at radius 2 is 1.93 bits per heavy atom. The largest absolute Gasteiger partial charge is 0.444 e. The number of carbonyl (C=O) groups is 3. The number of rotatable bonds is 3. The van der Waals surface area contributed by atoms with Gasteiger partial charge in [0, 0.05) is 43.8 Å². The summed E-state index contributed by atoms with van der Waals surface area (Å²) in [7, 11) is 1.77. The van der Waals surface area contributed by atoms with E-state index in [1.807, 2.05) is 49.7 Å². The summed E-state index contributed by atoms with van der Waals surface area (Å²) in [5.74, 6) is -0.466. The number of hydrogen-bond acceptors (Lipinski definition) is 5. The van der Waals surface area contributed by atoms with Crippen LogP contribution in [0, 0.1) is 0 Å². The lowest BCUT2D eigenvalue weighted by atomic mass is 10.0. The molecule has 0 aliphatic carbocycles. The van der Waals surface area contributed by atoms with Gasteiger partial charge in [-0.3, -0.25) is 14.9 Å². The minimum absolute atomic E-state index is 0.0901. The number of aromatic nitrogens is 1. The molecule has 4 rings (SSSR count). The number of hydrogen-bond donors (Lipinski definition) is 1. The van der Waals surface area contributed by atoms with Gasteiger partial charge in [0.05, 0.1) is 11.6 Å². The SMILES string of the molecule is CN(C(=O)OC(C)(C)C)C1CN(c2cccc3c2ccn3[C@@H]2CCC(=O)NC2=O)C1. The topological polar surface area (TPSA) is 83.9 Å². The van der Waals surface area contributed by atoms with Gasteiger partial charge in [-0.1, -0.05) is 6.07 Å². The molecule has 0 radical (unpaired) electrons. The molecule has 3 amide bonds. The highest BCUT2D eigenvalue weighted by Crippen LogP contribution is 2.34. The lowest BCUT2D eigenvalue weighted by molar-refractivity contribution is -0.135. The third-order valence-corrected chi connectivity index (χ3v) is 5.72. The van der Waals surface area contributed by atoms with Crippen LogP contribution in [0.5, 0.6) is 0 Å². The molecule has 30 heavy (non-hydrogen) atoms. The normalized spacial score (nSPS) is 20.1. The van der Waals surface area contributed by atoms with Crippen molar-refractivity contribution >= 4 is 34.5 Å². The molecule has 1 aromatic carbocycles. The smallest absolute Gasteiger partial charge is 0.410 e. The lowest BCUT2D eigenvalue weighted by Gasteiger charge is -2.45. The molecule has 2 saturated heterocycles. The highest BCUT2D eigenvalue weighted by Gasteiger charge is 2.35. The average molecular weight is 412 g/mol. The molecule has 1 aromatic heterocycles. The zero-order chi connectivity index (χ0) is 21.6. The van der Waals surface area contributed by atoms with Crippen LogP contribution in [0.25, 0.3) is 10.9 Å². The molecular formula is C22H28N4O4. The van der Waals surface area contributed by atoms with Crippen molar-refractivity contribution in [2.24, 2.45) is 0 Å². The predicted octanol–water partition coefficient (Wildman–Crippen LogP) is 2.67. The van der Waals surface area contributed by atoms with E-state index in [1.165, 1.54) is 0 Å². The van der Waals surface area contributed by atoms with Gasteiger partial charge in [0.1, 0.15) is 11.6 Å². The van der Waals surface area contributed by atoms with Crippen LogP contribution in [0.4, 0.5) is 10.5 Å². The Balaban J connectivity index is 1.49. The number of anilines is 1. The van der Waals surface area contributed by atoms with Crippen LogP contribution in [0.3, 0.4) is 0 Å². The third kappa shape index (κ3) is 3.74. The molecule has 2 fully saturated rings. The minimum atomic E-state index is -0.515. The Hall–Kier alpha value is -3.03. The van der Waals surface area contributed by atoms with Gasteiger partial charge in [-0.05, 0) is 45.4 Å². The first-order valence-corrected chi connectivity index (χ1v) is 10.3. The van der Waals surface area contributed by atoms with Crippen LogP contribution in [0.15, 0.2) is 30.5 Å². The first kappa shape index (κ1) is 20.3. The first-order valence-electron chi connectivity index (χ1n) is 10.3. The van der Waals surface area contributed by atoms with Gasteiger partial charge in [0.2, 0.25) is 11.8 Å². The van der Waals surface area contributed by atoms with Crippen LogP contribution >= 0.6 is 0 Å². The molecule has 0 spiro atoms. The van der Waals surface area contributed by atoms with E-state index < -0.39 is 5.60 Å². The van der Waals surface area contributed by atoms with Crippen molar-refractivity contribution in [3.05, 3.63) is 30.5 Å². The summed E-state index contributed by atoms with van der Waals surface area (Å²) >= 11 is 0. The van der Waals surface area contributed by atoms with Crippen LogP contribution in [0.2, 0.25) is 0 Å². The molecule has 2 aromatic rings. The molecule has 1 atom stereocenters. The van der Waals surface area contributed by atoms with Crippen molar-refractivity contribution in [2.75, 3.05) is 25.0 Å². The lowest BCUT2D eigenvalue weighted by Crippen LogP contribution is -2.60. The fraction of sp³-hybridized carbons (Fsp3) is 0.500. The average Bonchev–Trinajstić information content (AvgIpc) is 3.03. The summed E-state index contributed by atoms with van der Waals surface area (Å²) in [6, 6.07) is 7.75. The third-order valence-electron chi connectivity index (χ3n) is 5.72. The fourth-order valence-corrected chi connectivity index (χ4v) is 4.05. The number of piperidine rings is 1. The fourth-order valence-electron chi connectivity index (χ4n) is 4.05. The molecule has 2 aliphatic heterocycles. The summed E-state index contributed by atoms with van der Waals surface area (Å²) in [6.45, 7) is 7.02. The van der Waals surface area contributed by atoms with Gasteiger partial charge in [-0.25, -0.2) is 4.79 Å². The summed E-state index contributed by atoms with van der Waals surface area (Å²) in [5.41, 5.74) is 1.53. The predicted molar refractivity (Wildman–Crippen MR) is 113 cm³/mol. The molecule has 8 heteroatoms. The number of fused-ring (bicyclic) bond motifs is 1. The van der Waals surface area contributed by atoms with E-state index in [-0.39, 0.29) is 30.0 Å². The second-order valence-electron chi connectivity index (χ2n) is 9.05. The number of amides is 3. The van der Waals surface area contributed by atoms with E-state index >= 15 is 0 Å². The Kier molecular flexibility index (Phi) is 4.95. The molecule has 0 bridgehead atoms. The molecule has 0 unspecified atom stereocenters. The Bertz CT molecular complexity index is 1000. The molecule has 8 nitrogen and oxygen atoms in total. The van der Waals surface area contributed by atoms with E-state index in [0.29, 0.717) is 12.8 Å². The van der Waals surface area contributed by atoms with Gasteiger partial charge >= 0.3 is 6.09 Å². The zero-order valence-electron chi connectivity index (χ0n) is 17.8. The Morgan fingerprint density at radius 3 is 2.60 bits per heavy atom. The molecule has 2 aliphatic rings. The van der Waals surface area contributed by atoms with Crippen molar-refractivity contribution in [3.63, 3.8) is 0 Å². The number of nitrogens with one attached hydrogen (secondary N) is 1. The van der Waals surface area contributed by atoms with Gasteiger partial charge in [0.25, 0.3) is 0 Å². The maximum Gasteiger partial charge on any atom is 0.410 e. The van der Waals surface area contributed by atoms with Crippen molar-refractivity contribution in [1.82, 2.24) is 14.8 Å². The van der Waals surface area contributed by atoms with E-state index in [2.05, 4.69) is 16.3 Å². The second-order valence-corrected chi connectivity index (χ2v) is 9.05. The standard InChI is InChI=1S/C22H28N4O4/c1-22(2,3)30-21(29)24(4)14-12-25(13-14)16-6-5-7-17-15(16)10-11-26(17)18-8-9-19(27)23-20(18)28/h5-7,10-11,14,18H,8-9,12-13H2,1-4H3,(H,23,27,28)/t18-/m1/s1. The number of imide groups is 1. The molecule has 1 N–H and O–H groups in total. The number of likely N-dealkylation sites (N-methyl/N-ethyl adjacent to an activating group) is 1.